The molecule has 0 spiro atoms. The Bertz CT molecular complexity index is 422. The molecule has 20 heavy (non-hydrogen) atoms. The average Bonchev–Trinajstić information content (AvgIpc) is 2.33. The summed E-state index contributed by atoms with van der Waals surface area (Å²) in [6.45, 7) is 5.22. The van der Waals surface area contributed by atoms with Crippen LogP contribution in [0.4, 0.5) is 0 Å². The van der Waals surface area contributed by atoms with Crippen molar-refractivity contribution in [2.45, 2.75) is 52.0 Å². The maximum absolute atomic E-state index is 11.8. The van der Waals surface area contributed by atoms with Gasteiger partial charge in [-0.2, -0.15) is 0 Å². The van der Waals surface area contributed by atoms with Gasteiger partial charge in [-0.25, -0.2) is 8.42 Å². The van der Waals surface area contributed by atoms with E-state index >= 15 is 0 Å². The van der Waals surface area contributed by atoms with Gasteiger partial charge in [-0.15, -0.1) is 0 Å². The zero-order valence-electron chi connectivity index (χ0n) is 12.8. The summed E-state index contributed by atoms with van der Waals surface area (Å²) in [6.07, 6.45) is 5.98. The quantitative estimate of drug-likeness (QED) is 0.768. The molecular formula is C14H28N2O3S. The molecule has 1 aliphatic carbocycles. The van der Waals surface area contributed by atoms with Gasteiger partial charge in [0, 0.05) is 12.8 Å². The van der Waals surface area contributed by atoms with Crippen molar-refractivity contribution in [3.05, 3.63) is 0 Å². The van der Waals surface area contributed by atoms with Gasteiger partial charge in [-0.05, 0) is 43.4 Å². The minimum atomic E-state index is -3.06. The first kappa shape index (κ1) is 17.4. The van der Waals surface area contributed by atoms with Crippen LogP contribution in [0.3, 0.4) is 0 Å². The second-order valence-corrected chi connectivity index (χ2v) is 9.14. The van der Waals surface area contributed by atoms with Crippen molar-refractivity contribution in [3.63, 3.8) is 0 Å². The highest BCUT2D eigenvalue weighted by Crippen LogP contribution is 2.37. The third-order valence-corrected chi connectivity index (χ3v) is 5.14. The molecule has 0 heterocycles. The Morgan fingerprint density at radius 2 is 1.90 bits per heavy atom. The van der Waals surface area contributed by atoms with E-state index in [-0.39, 0.29) is 18.1 Å². The zero-order chi connectivity index (χ0) is 15.4. The van der Waals surface area contributed by atoms with Crippen LogP contribution in [-0.4, -0.2) is 38.9 Å². The van der Waals surface area contributed by atoms with E-state index in [2.05, 4.69) is 19.2 Å². The topological polar surface area (TPSA) is 89.3 Å². The van der Waals surface area contributed by atoms with Crippen molar-refractivity contribution in [1.29, 1.82) is 0 Å². The van der Waals surface area contributed by atoms with Gasteiger partial charge in [0.15, 0.2) is 0 Å². The molecule has 6 heteroatoms. The van der Waals surface area contributed by atoms with Crippen LogP contribution in [0.15, 0.2) is 0 Å². The fraction of sp³-hybridized carbons (Fsp3) is 0.929. The van der Waals surface area contributed by atoms with E-state index < -0.39 is 15.9 Å². The first-order chi connectivity index (χ1) is 9.09. The van der Waals surface area contributed by atoms with E-state index in [9.17, 15) is 13.2 Å². The molecule has 118 valence electrons. The highest BCUT2D eigenvalue weighted by Gasteiger charge is 2.27. The predicted molar refractivity (Wildman–Crippen MR) is 81.1 cm³/mol. The molecule has 1 fully saturated rings. The van der Waals surface area contributed by atoms with Gasteiger partial charge in [0.1, 0.15) is 9.84 Å². The Labute approximate surface area is 122 Å². The van der Waals surface area contributed by atoms with Crippen molar-refractivity contribution in [2.24, 2.45) is 17.1 Å². The third kappa shape index (κ3) is 6.70. The number of sulfone groups is 1. The minimum absolute atomic E-state index is 0.0425. The third-order valence-electron chi connectivity index (χ3n) is 4.16. The minimum Gasteiger partial charge on any atom is -0.354 e. The van der Waals surface area contributed by atoms with Gasteiger partial charge in [0.25, 0.3) is 0 Å². The number of hydrogen-bond acceptors (Lipinski definition) is 4. The molecule has 0 radical (unpaired) electrons. The van der Waals surface area contributed by atoms with Gasteiger partial charge in [0.05, 0.1) is 11.8 Å². The van der Waals surface area contributed by atoms with Crippen LogP contribution < -0.4 is 11.1 Å². The summed E-state index contributed by atoms with van der Waals surface area (Å²) in [6, 6.07) is -0.732. The number of hydrogen-bond donors (Lipinski definition) is 2. The fourth-order valence-corrected chi connectivity index (χ4v) is 3.19. The fourth-order valence-electron chi connectivity index (χ4n) is 2.51. The molecule has 0 aromatic carbocycles. The number of nitrogens with one attached hydrogen (secondary N) is 1. The normalized spacial score (nSPS) is 21.4. The summed E-state index contributed by atoms with van der Waals surface area (Å²) in [5.74, 6) is 0.242. The average molecular weight is 304 g/mol. The lowest BCUT2D eigenvalue weighted by Gasteiger charge is -2.34. The van der Waals surface area contributed by atoms with E-state index in [1.807, 2.05) is 0 Å². The van der Waals surface area contributed by atoms with Gasteiger partial charge < -0.3 is 11.1 Å². The lowest BCUT2D eigenvalue weighted by Crippen LogP contribution is -2.43. The molecule has 5 nitrogen and oxygen atoms in total. The molecule has 1 rings (SSSR count). The summed E-state index contributed by atoms with van der Waals surface area (Å²) in [5.41, 5.74) is 6.13. The molecular weight excluding hydrogens is 276 g/mol. The van der Waals surface area contributed by atoms with E-state index in [0.29, 0.717) is 17.9 Å². The van der Waals surface area contributed by atoms with E-state index in [4.69, 9.17) is 5.73 Å². The molecule has 1 amide bonds. The van der Waals surface area contributed by atoms with Crippen LogP contribution >= 0.6 is 0 Å². The second-order valence-electron chi connectivity index (χ2n) is 6.88. The molecule has 0 bridgehead atoms. The summed E-state index contributed by atoms with van der Waals surface area (Å²) in [7, 11) is -3.06. The second kappa shape index (κ2) is 6.89. The van der Waals surface area contributed by atoms with Crippen LogP contribution in [0.5, 0.6) is 0 Å². The van der Waals surface area contributed by atoms with Crippen molar-refractivity contribution in [1.82, 2.24) is 5.32 Å². The lowest BCUT2D eigenvalue weighted by molar-refractivity contribution is -0.122. The zero-order valence-corrected chi connectivity index (χ0v) is 13.6. The summed E-state index contributed by atoms with van der Waals surface area (Å²) in [5, 5.41) is 2.86. The van der Waals surface area contributed by atoms with Crippen LogP contribution in [0, 0.1) is 11.3 Å². The van der Waals surface area contributed by atoms with Crippen molar-refractivity contribution < 1.29 is 13.2 Å². The van der Waals surface area contributed by atoms with Gasteiger partial charge in [0.2, 0.25) is 5.91 Å². The monoisotopic (exact) mass is 304 g/mol. The molecule has 3 N–H and O–H groups in total. The SMILES string of the molecule is CC1(C)CCC(CNC(=O)C(N)CCS(C)(=O)=O)CC1. The van der Waals surface area contributed by atoms with Crippen molar-refractivity contribution in [2.75, 3.05) is 18.6 Å². The lowest BCUT2D eigenvalue weighted by atomic mass is 9.73. The van der Waals surface area contributed by atoms with E-state index in [1.54, 1.807) is 0 Å². The molecule has 1 aliphatic rings. The largest absolute Gasteiger partial charge is 0.354 e. The summed E-state index contributed by atoms with van der Waals surface area (Å²) < 4.78 is 22.1. The number of amides is 1. The maximum atomic E-state index is 11.8. The first-order valence-electron chi connectivity index (χ1n) is 7.30. The molecule has 1 unspecified atom stereocenters. The molecule has 1 saturated carbocycles. The number of nitrogens with two attached hydrogens (primary N) is 1. The van der Waals surface area contributed by atoms with Crippen LogP contribution in [0.2, 0.25) is 0 Å². The Hall–Kier alpha value is -0.620. The Morgan fingerprint density at radius 1 is 1.35 bits per heavy atom. The van der Waals surface area contributed by atoms with E-state index in [0.717, 1.165) is 19.1 Å². The number of rotatable bonds is 6. The van der Waals surface area contributed by atoms with Crippen LogP contribution in [0.25, 0.3) is 0 Å². The van der Waals surface area contributed by atoms with Gasteiger partial charge in [-0.3, -0.25) is 4.79 Å². The molecule has 0 aromatic heterocycles. The standard InChI is InChI=1S/C14H28N2O3S/c1-14(2)7-4-11(5-8-14)10-16-13(17)12(15)6-9-20(3,18)19/h11-12H,4-10,15H2,1-3H3,(H,16,17). The van der Waals surface area contributed by atoms with Crippen LogP contribution in [0.1, 0.15) is 46.0 Å². The smallest absolute Gasteiger partial charge is 0.236 e. The highest BCUT2D eigenvalue weighted by atomic mass is 32.2. The van der Waals surface area contributed by atoms with E-state index in [1.165, 1.54) is 12.8 Å². The van der Waals surface area contributed by atoms with Gasteiger partial charge >= 0.3 is 0 Å². The van der Waals surface area contributed by atoms with Gasteiger partial charge in [-0.1, -0.05) is 13.8 Å². The van der Waals surface area contributed by atoms with Crippen LogP contribution in [-0.2, 0) is 14.6 Å². The van der Waals surface area contributed by atoms with Crippen molar-refractivity contribution in [3.8, 4) is 0 Å². The first-order valence-corrected chi connectivity index (χ1v) is 9.36. The van der Waals surface area contributed by atoms with Crippen molar-refractivity contribution >= 4 is 15.7 Å². The highest BCUT2D eigenvalue weighted by molar-refractivity contribution is 7.90. The Morgan fingerprint density at radius 3 is 2.40 bits per heavy atom. The summed E-state index contributed by atoms with van der Waals surface area (Å²) in [4.78, 5) is 11.8. The number of carbonyl (C=O) groups is 1. The molecule has 0 aliphatic heterocycles. The molecule has 1 atom stereocenters. The predicted octanol–water partition coefficient (Wildman–Crippen LogP) is 1.08. The maximum Gasteiger partial charge on any atom is 0.236 e. The molecule has 0 saturated heterocycles. The molecule has 0 aromatic rings. The Kier molecular flexibility index (Phi) is 6.01. The Balaban J connectivity index is 2.26. The summed E-state index contributed by atoms with van der Waals surface area (Å²) >= 11 is 0. The number of carbonyl (C=O) groups excluding carboxylic acids is 1.